The number of hydrogen-bond donors (Lipinski definition) is 2. The first-order valence-electron chi connectivity index (χ1n) is 6.70. The topological polar surface area (TPSA) is 85.1 Å². The first kappa shape index (κ1) is 14.4. The van der Waals surface area contributed by atoms with Crippen molar-refractivity contribution in [2.75, 3.05) is 12.3 Å². The maximum Gasteiger partial charge on any atom is 0.211 e. The van der Waals surface area contributed by atoms with Gasteiger partial charge in [-0.3, -0.25) is 4.98 Å². The van der Waals surface area contributed by atoms with E-state index < -0.39 is 10.0 Å². The molecule has 1 saturated carbocycles. The number of sulfonamides is 1. The Morgan fingerprint density at radius 1 is 1.37 bits per heavy atom. The maximum atomic E-state index is 11.9. The minimum Gasteiger partial charge on any atom is -0.327 e. The van der Waals surface area contributed by atoms with E-state index >= 15 is 0 Å². The number of nitrogens with two attached hydrogens (primary N) is 1. The third-order valence-corrected chi connectivity index (χ3v) is 4.98. The molecule has 3 N–H and O–H groups in total. The number of nitrogens with one attached hydrogen (secondary N) is 1. The molecular formula is C13H21N3O2S. The zero-order valence-corrected chi connectivity index (χ0v) is 11.8. The van der Waals surface area contributed by atoms with E-state index in [1.54, 1.807) is 6.20 Å². The predicted octanol–water partition coefficient (Wildman–Crippen LogP) is 0.671. The molecule has 2 rings (SSSR count). The van der Waals surface area contributed by atoms with Gasteiger partial charge in [-0.05, 0) is 30.9 Å². The van der Waals surface area contributed by atoms with Crippen molar-refractivity contribution < 1.29 is 8.42 Å². The van der Waals surface area contributed by atoms with Crippen LogP contribution in [0.25, 0.3) is 0 Å². The molecule has 1 aliphatic carbocycles. The number of pyridine rings is 1. The molecule has 0 aromatic carbocycles. The third kappa shape index (κ3) is 4.56. The fourth-order valence-corrected chi connectivity index (χ4v) is 3.50. The van der Waals surface area contributed by atoms with Crippen LogP contribution in [0.3, 0.4) is 0 Å². The molecule has 1 aromatic rings. The molecule has 19 heavy (non-hydrogen) atoms. The zero-order chi connectivity index (χ0) is 13.7. The number of rotatable bonds is 6. The summed E-state index contributed by atoms with van der Waals surface area (Å²) in [5.74, 6) is 0.357. The predicted molar refractivity (Wildman–Crippen MR) is 75.0 cm³/mol. The molecule has 1 aliphatic rings. The van der Waals surface area contributed by atoms with Crippen LogP contribution in [0.1, 0.15) is 25.0 Å². The van der Waals surface area contributed by atoms with Gasteiger partial charge in [-0.15, -0.1) is 0 Å². The highest BCUT2D eigenvalue weighted by atomic mass is 32.2. The summed E-state index contributed by atoms with van der Waals surface area (Å²) in [5, 5.41) is 0. The second-order valence-corrected chi connectivity index (χ2v) is 7.02. The normalized spacial score (nSPS) is 23.6. The molecule has 0 amide bonds. The average Bonchev–Trinajstić information content (AvgIpc) is 2.81. The molecule has 1 aromatic heterocycles. The van der Waals surface area contributed by atoms with E-state index in [2.05, 4.69) is 9.71 Å². The molecule has 0 bridgehead atoms. The zero-order valence-electron chi connectivity index (χ0n) is 11.0. The van der Waals surface area contributed by atoms with Crippen LogP contribution in [0.15, 0.2) is 24.4 Å². The van der Waals surface area contributed by atoms with Crippen molar-refractivity contribution >= 4 is 10.0 Å². The van der Waals surface area contributed by atoms with E-state index in [1.807, 2.05) is 18.2 Å². The Balaban J connectivity index is 1.79. The fraction of sp³-hybridized carbons (Fsp3) is 0.615. The summed E-state index contributed by atoms with van der Waals surface area (Å²) >= 11 is 0. The third-order valence-electron chi connectivity index (χ3n) is 3.64. The summed E-state index contributed by atoms with van der Waals surface area (Å²) in [7, 11) is -3.24. The Hall–Kier alpha value is -0.980. The number of aryl methyl sites for hydroxylation is 1. The maximum absolute atomic E-state index is 11.9. The molecule has 0 saturated heterocycles. The molecule has 106 valence electrons. The average molecular weight is 283 g/mol. The van der Waals surface area contributed by atoms with Crippen molar-refractivity contribution in [3.05, 3.63) is 30.1 Å². The lowest BCUT2D eigenvalue weighted by Gasteiger charge is -2.15. The monoisotopic (exact) mass is 283 g/mol. The lowest BCUT2D eigenvalue weighted by atomic mass is 10.1. The molecule has 6 heteroatoms. The van der Waals surface area contributed by atoms with Crippen LogP contribution in [-0.4, -0.2) is 31.7 Å². The van der Waals surface area contributed by atoms with Crippen LogP contribution in [0.4, 0.5) is 0 Å². The molecule has 0 radical (unpaired) electrons. The van der Waals surface area contributed by atoms with Gasteiger partial charge in [0, 0.05) is 30.9 Å². The summed E-state index contributed by atoms with van der Waals surface area (Å²) < 4.78 is 26.4. The Morgan fingerprint density at radius 2 is 2.21 bits per heavy atom. The van der Waals surface area contributed by atoms with Crippen molar-refractivity contribution in [2.24, 2.45) is 11.7 Å². The van der Waals surface area contributed by atoms with Crippen LogP contribution >= 0.6 is 0 Å². The van der Waals surface area contributed by atoms with Gasteiger partial charge < -0.3 is 5.73 Å². The van der Waals surface area contributed by atoms with Crippen LogP contribution in [0.5, 0.6) is 0 Å². The summed E-state index contributed by atoms with van der Waals surface area (Å²) in [6.45, 7) is 0.464. The van der Waals surface area contributed by atoms with E-state index in [1.165, 1.54) is 0 Å². The van der Waals surface area contributed by atoms with Gasteiger partial charge in [-0.25, -0.2) is 13.1 Å². The van der Waals surface area contributed by atoms with Crippen LogP contribution in [0.2, 0.25) is 0 Å². The Kier molecular flexibility index (Phi) is 4.90. The van der Waals surface area contributed by atoms with Crippen molar-refractivity contribution in [1.82, 2.24) is 9.71 Å². The standard InChI is InChI=1S/C13H21N3O2S/c14-13-6-3-4-11(13)10-16-19(17,18)9-7-12-5-1-2-8-15-12/h1-2,5,8,11,13,16H,3-4,6-7,9-10,14H2. The van der Waals surface area contributed by atoms with Crippen molar-refractivity contribution in [3.8, 4) is 0 Å². The highest BCUT2D eigenvalue weighted by Gasteiger charge is 2.25. The van der Waals surface area contributed by atoms with Gasteiger partial charge in [0.1, 0.15) is 0 Å². The molecule has 2 atom stereocenters. The summed E-state index contributed by atoms with van der Waals surface area (Å²) in [5.41, 5.74) is 6.73. The minimum absolute atomic E-state index is 0.0754. The number of nitrogens with zero attached hydrogens (tertiary/aromatic N) is 1. The number of aromatic nitrogens is 1. The SMILES string of the molecule is NC1CCCC1CNS(=O)(=O)CCc1ccccn1. The molecule has 0 aliphatic heterocycles. The van der Waals surface area contributed by atoms with E-state index in [-0.39, 0.29) is 17.7 Å². The summed E-state index contributed by atoms with van der Waals surface area (Å²) in [6.07, 6.45) is 5.23. The summed E-state index contributed by atoms with van der Waals surface area (Å²) in [4.78, 5) is 4.12. The van der Waals surface area contributed by atoms with E-state index in [9.17, 15) is 8.42 Å². The van der Waals surface area contributed by atoms with Crippen molar-refractivity contribution in [3.63, 3.8) is 0 Å². The summed E-state index contributed by atoms with van der Waals surface area (Å²) in [6, 6.07) is 5.65. The first-order valence-corrected chi connectivity index (χ1v) is 8.35. The molecule has 1 heterocycles. The quantitative estimate of drug-likeness (QED) is 0.803. The first-order chi connectivity index (χ1) is 9.07. The Bertz CT molecular complexity index is 490. The lowest BCUT2D eigenvalue weighted by Crippen LogP contribution is -2.37. The second kappa shape index (κ2) is 6.45. The van der Waals surface area contributed by atoms with Crippen LogP contribution < -0.4 is 10.5 Å². The second-order valence-electron chi connectivity index (χ2n) is 5.09. The van der Waals surface area contributed by atoms with Gasteiger partial charge in [0.25, 0.3) is 0 Å². The van der Waals surface area contributed by atoms with Gasteiger partial charge in [-0.1, -0.05) is 12.5 Å². The van der Waals surface area contributed by atoms with Gasteiger partial charge >= 0.3 is 0 Å². The van der Waals surface area contributed by atoms with Gasteiger partial charge in [0.2, 0.25) is 10.0 Å². The fourth-order valence-electron chi connectivity index (χ4n) is 2.41. The highest BCUT2D eigenvalue weighted by molar-refractivity contribution is 7.89. The molecular weight excluding hydrogens is 262 g/mol. The van der Waals surface area contributed by atoms with E-state index in [0.29, 0.717) is 13.0 Å². The Labute approximate surface area is 114 Å². The van der Waals surface area contributed by atoms with Crippen molar-refractivity contribution in [2.45, 2.75) is 31.7 Å². The molecule has 0 spiro atoms. The Morgan fingerprint density at radius 3 is 2.84 bits per heavy atom. The molecule has 2 unspecified atom stereocenters. The largest absolute Gasteiger partial charge is 0.327 e. The van der Waals surface area contributed by atoms with Gasteiger partial charge in [0.05, 0.1) is 5.75 Å². The van der Waals surface area contributed by atoms with Gasteiger partial charge in [-0.2, -0.15) is 0 Å². The highest BCUT2D eigenvalue weighted by Crippen LogP contribution is 2.23. The number of hydrogen-bond acceptors (Lipinski definition) is 4. The van der Waals surface area contributed by atoms with Crippen molar-refractivity contribution in [1.29, 1.82) is 0 Å². The minimum atomic E-state index is -3.24. The van der Waals surface area contributed by atoms with Gasteiger partial charge in [0.15, 0.2) is 0 Å². The van der Waals surface area contributed by atoms with E-state index in [4.69, 9.17) is 5.73 Å². The molecule has 1 fully saturated rings. The smallest absolute Gasteiger partial charge is 0.211 e. The lowest BCUT2D eigenvalue weighted by molar-refractivity contribution is 0.469. The molecule has 5 nitrogen and oxygen atoms in total. The van der Waals surface area contributed by atoms with Crippen LogP contribution in [-0.2, 0) is 16.4 Å². The van der Waals surface area contributed by atoms with E-state index in [0.717, 1.165) is 25.0 Å². The van der Waals surface area contributed by atoms with Crippen LogP contribution in [0, 0.1) is 5.92 Å².